The van der Waals surface area contributed by atoms with Crippen LogP contribution in [0.5, 0.6) is 0 Å². The number of hydrogen-bond donors (Lipinski definition) is 2. The fourth-order valence-corrected chi connectivity index (χ4v) is 1.38. The van der Waals surface area contributed by atoms with E-state index in [9.17, 15) is 0 Å². The van der Waals surface area contributed by atoms with Gasteiger partial charge >= 0.3 is 0 Å². The van der Waals surface area contributed by atoms with E-state index >= 15 is 0 Å². The number of nitrogen functional groups attached to an aromatic ring is 1. The number of imidazole rings is 1. The maximum absolute atomic E-state index is 5.63. The molecule has 6 heteroatoms. The molecule has 0 unspecified atom stereocenters. The third-order valence-corrected chi connectivity index (χ3v) is 2.28. The van der Waals surface area contributed by atoms with Gasteiger partial charge in [-0.15, -0.1) is 0 Å². The molecule has 1 aliphatic rings. The fourth-order valence-electron chi connectivity index (χ4n) is 1.38. The molecule has 0 amide bonds. The van der Waals surface area contributed by atoms with Crippen LogP contribution in [0.15, 0.2) is 12.7 Å². The molecule has 72 valence electrons. The Bertz CT molecular complexity index is 472. The molecule has 0 spiro atoms. The molecule has 0 aliphatic heterocycles. The van der Waals surface area contributed by atoms with Crippen LogP contribution < -0.4 is 11.2 Å². The Hall–Kier alpha value is -1.85. The number of anilines is 1. The Morgan fingerprint density at radius 1 is 1.36 bits per heavy atom. The van der Waals surface area contributed by atoms with Crippen LogP contribution in [0.25, 0.3) is 11.2 Å². The summed E-state index contributed by atoms with van der Waals surface area (Å²) in [5.41, 5.74) is 1.39. The van der Waals surface area contributed by atoms with Crippen molar-refractivity contribution in [2.45, 2.75) is 18.9 Å². The molecule has 0 saturated heterocycles. The van der Waals surface area contributed by atoms with Gasteiger partial charge in [0.1, 0.15) is 12.7 Å². The van der Waals surface area contributed by atoms with E-state index in [1.807, 2.05) is 0 Å². The predicted molar refractivity (Wildman–Crippen MR) is 52.1 cm³/mol. The van der Waals surface area contributed by atoms with Crippen molar-refractivity contribution >= 4 is 17.0 Å². The number of hydrogen-bond acceptors (Lipinski definition) is 5. The SMILES string of the molecule is Nn1cnc2c(NC3CC3)ncnc21. The topological polar surface area (TPSA) is 81.7 Å². The second-order valence-electron chi connectivity index (χ2n) is 3.46. The Morgan fingerprint density at radius 2 is 2.21 bits per heavy atom. The van der Waals surface area contributed by atoms with E-state index in [2.05, 4.69) is 20.3 Å². The highest BCUT2D eigenvalue weighted by Crippen LogP contribution is 2.26. The minimum Gasteiger partial charge on any atom is -0.365 e. The number of rotatable bonds is 2. The van der Waals surface area contributed by atoms with Gasteiger partial charge in [0.15, 0.2) is 17.0 Å². The van der Waals surface area contributed by atoms with Crippen LogP contribution in [0, 0.1) is 0 Å². The zero-order valence-corrected chi connectivity index (χ0v) is 7.51. The van der Waals surface area contributed by atoms with E-state index in [0.717, 1.165) is 11.3 Å². The molecule has 14 heavy (non-hydrogen) atoms. The van der Waals surface area contributed by atoms with Gasteiger partial charge in [-0.25, -0.2) is 19.6 Å². The summed E-state index contributed by atoms with van der Waals surface area (Å²) in [7, 11) is 0. The molecule has 1 saturated carbocycles. The van der Waals surface area contributed by atoms with Crippen molar-refractivity contribution in [1.29, 1.82) is 0 Å². The lowest BCUT2D eigenvalue weighted by Crippen LogP contribution is -2.08. The minimum atomic E-state index is 0.552. The number of nitrogens with one attached hydrogen (secondary N) is 1. The summed E-state index contributed by atoms with van der Waals surface area (Å²) in [6, 6.07) is 0.552. The molecule has 0 atom stereocenters. The normalized spacial score (nSPS) is 16.0. The second-order valence-corrected chi connectivity index (χ2v) is 3.46. The Kier molecular flexibility index (Phi) is 1.38. The van der Waals surface area contributed by atoms with E-state index < -0.39 is 0 Å². The lowest BCUT2D eigenvalue weighted by atomic mass is 10.5. The average Bonchev–Trinajstić information content (AvgIpc) is 2.92. The molecule has 2 heterocycles. The van der Waals surface area contributed by atoms with Gasteiger partial charge < -0.3 is 11.2 Å². The van der Waals surface area contributed by atoms with Crippen molar-refractivity contribution < 1.29 is 0 Å². The summed E-state index contributed by atoms with van der Waals surface area (Å²) < 4.78 is 1.40. The van der Waals surface area contributed by atoms with Gasteiger partial charge in [-0.2, -0.15) is 0 Å². The molecule has 0 radical (unpaired) electrons. The Morgan fingerprint density at radius 3 is 3.00 bits per heavy atom. The van der Waals surface area contributed by atoms with E-state index in [-0.39, 0.29) is 0 Å². The van der Waals surface area contributed by atoms with Crippen molar-refractivity contribution in [2.75, 3.05) is 11.2 Å². The maximum Gasteiger partial charge on any atom is 0.183 e. The molecule has 2 aromatic rings. The monoisotopic (exact) mass is 190 g/mol. The van der Waals surface area contributed by atoms with Crippen molar-refractivity contribution in [3.63, 3.8) is 0 Å². The number of fused-ring (bicyclic) bond motifs is 1. The summed E-state index contributed by atoms with van der Waals surface area (Å²) in [4.78, 5) is 12.3. The molecule has 0 aromatic carbocycles. The molecule has 3 N–H and O–H groups in total. The lowest BCUT2D eigenvalue weighted by molar-refractivity contribution is 1.01. The molecular formula is C8H10N6. The van der Waals surface area contributed by atoms with Gasteiger partial charge in [0.25, 0.3) is 0 Å². The van der Waals surface area contributed by atoms with Crippen LogP contribution in [-0.4, -0.2) is 25.7 Å². The number of nitrogens with two attached hydrogens (primary N) is 1. The van der Waals surface area contributed by atoms with Gasteiger partial charge in [0, 0.05) is 6.04 Å². The first kappa shape index (κ1) is 7.54. The lowest BCUT2D eigenvalue weighted by Gasteiger charge is -2.02. The molecule has 6 nitrogen and oxygen atoms in total. The molecular weight excluding hydrogens is 180 g/mol. The van der Waals surface area contributed by atoms with Crippen LogP contribution in [0.4, 0.5) is 5.82 Å². The number of nitrogens with zero attached hydrogens (tertiary/aromatic N) is 4. The standard InChI is InChI=1S/C8H10N6/c9-14-4-12-6-7(13-5-1-2-5)10-3-11-8(6)14/h3-5H,1-2,9H2,(H,10,11,13). The number of aromatic nitrogens is 4. The molecule has 3 rings (SSSR count). The maximum atomic E-state index is 5.63. The van der Waals surface area contributed by atoms with E-state index in [1.165, 1.54) is 30.2 Å². The summed E-state index contributed by atoms with van der Waals surface area (Å²) in [5, 5.41) is 3.29. The smallest absolute Gasteiger partial charge is 0.183 e. The second kappa shape index (κ2) is 2.57. The summed E-state index contributed by atoms with van der Waals surface area (Å²) >= 11 is 0. The first-order valence-electron chi connectivity index (χ1n) is 4.54. The average molecular weight is 190 g/mol. The van der Waals surface area contributed by atoms with Crippen molar-refractivity contribution in [3.05, 3.63) is 12.7 Å². The van der Waals surface area contributed by atoms with Crippen LogP contribution in [-0.2, 0) is 0 Å². The quantitative estimate of drug-likeness (QED) is 0.657. The summed E-state index contributed by atoms with van der Waals surface area (Å²) in [5.74, 6) is 6.41. The first-order chi connectivity index (χ1) is 6.84. The predicted octanol–water partition coefficient (Wildman–Crippen LogP) is 0.114. The molecule has 1 fully saturated rings. The highest BCUT2D eigenvalue weighted by molar-refractivity contribution is 5.82. The van der Waals surface area contributed by atoms with E-state index in [0.29, 0.717) is 11.7 Å². The van der Waals surface area contributed by atoms with Crippen LogP contribution in [0.1, 0.15) is 12.8 Å². The summed E-state index contributed by atoms with van der Waals surface area (Å²) in [6.45, 7) is 0. The van der Waals surface area contributed by atoms with Crippen molar-refractivity contribution in [1.82, 2.24) is 19.6 Å². The van der Waals surface area contributed by atoms with Gasteiger partial charge in [-0.3, -0.25) is 0 Å². The minimum absolute atomic E-state index is 0.552. The molecule has 2 aromatic heterocycles. The van der Waals surface area contributed by atoms with Gasteiger partial charge in [0.05, 0.1) is 0 Å². The largest absolute Gasteiger partial charge is 0.365 e. The highest BCUT2D eigenvalue weighted by Gasteiger charge is 2.22. The Balaban J connectivity index is 2.12. The van der Waals surface area contributed by atoms with Gasteiger partial charge in [-0.05, 0) is 12.8 Å². The van der Waals surface area contributed by atoms with Crippen molar-refractivity contribution in [2.24, 2.45) is 0 Å². The van der Waals surface area contributed by atoms with Crippen LogP contribution >= 0.6 is 0 Å². The fraction of sp³-hybridized carbons (Fsp3) is 0.375. The van der Waals surface area contributed by atoms with E-state index in [1.54, 1.807) is 0 Å². The van der Waals surface area contributed by atoms with E-state index in [4.69, 9.17) is 5.84 Å². The van der Waals surface area contributed by atoms with Gasteiger partial charge in [-0.1, -0.05) is 0 Å². The third-order valence-electron chi connectivity index (χ3n) is 2.28. The molecule has 0 bridgehead atoms. The highest BCUT2D eigenvalue weighted by atomic mass is 15.3. The Labute approximate surface area is 80.1 Å². The third kappa shape index (κ3) is 1.07. The van der Waals surface area contributed by atoms with Crippen LogP contribution in [0.2, 0.25) is 0 Å². The first-order valence-corrected chi connectivity index (χ1v) is 4.54. The van der Waals surface area contributed by atoms with Gasteiger partial charge in [0.2, 0.25) is 0 Å². The van der Waals surface area contributed by atoms with Crippen molar-refractivity contribution in [3.8, 4) is 0 Å². The summed E-state index contributed by atoms with van der Waals surface area (Å²) in [6.07, 6.45) is 5.44. The zero-order chi connectivity index (χ0) is 9.54. The van der Waals surface area contributed by atoms with Crippen LogP contribution in [0.3, 0.4) is 0 Å². The molecule has 1 aliphatic carbocycles. The zero-order valence-electron chi connectivity index (χ0n) is 7.51.